The van der Waals surface area contributed by atoms with Gasteiger partial charge in [-0.15, -0.1) is 4.40 Å². The molecule has 180 valence electrons. The summed E-state index contributed by atoms with van der Waals surface area (Å²) in [6.45, 7) is 0. The number of amidine groups is 1. The number of hydrogen-bond donors (Lipinski definition) is 1. The quantitative estimate of drug-likeness (QED) is 0.480. The molecule has 11 heteroatoms. The van der Waals surface area contributed by atoms with Crippen LogP contribution in [0.3, 0.4) is 0 Å². The monoisotopic (exact) mass is 529 g/mol. The van der Waals surface area contributed by atoms with Crippen LogP contribution in [0.5, 0.6) is 5.75 Å². The molecule has 0 radical (unpaired) electrons. The molecule has 8 nitrogen and oxygen atoms in total. The third kappa shape index (κ3) is 5.84. The number of hydrogen-bond acceptors (Lipinski definition) is 6. The van der Waals surface area contributed by atoms with E-state index >= 15 is 0 Å². The van der Waals surface area contributed by atoms with Gasteiger partial charge in [0.25, 0.3) is 10.0 Å². The van der Waals surface area contributed by atoms with Crippen LogP contribution in [0.15, 0.2) is 88.2 Å². The summed E-state index contributed by atoms with van der Waals surface area (Å²) in [5.41, 5.74) is 0.999. The van der Waals surface area contributed by atoms with Crippen molar-refractivity contribution in [2.45, 2.75) is 16.6 Å². The largest absolute Gasteiger partial charge is 0.497 e. The van der Waals surface area contributed by atoms with E-state index in [9.17, 15) is 18.0 Å². The van der Waals surface area contributed by atoms with E-state index < -0.39 is 27.1 Å². The van der Waals surface area contributed by atoms with Crippen LogP contribution >= 0.6 is 23.4 Å². The Balaban J connectivity index is 1.59. The molecule has 4 rings (SSSR count). The molecule has 0 bridgehead atoms. The van der Waals surface area contributed by atoms with Crippen molar-refractivity contribution in [3.8, 4) is 5.75 Å². The van der Waals surface area contributed by atoms with Crippen molar-refractivity contribution in [1.29, 1.82) is 0 Å². The fourth-order valence-corrected chi connectivity index (χ4v) is 5.75. The van der Waals surface area contributed by atoms with E-state index in [1.165, 1.54) is 29.2 Å². The van der Waals surface area contributed by atoms with Crippen molar-refractivity contribution in [3.05, 3.63) is 83.9 Å². The summed E-state index contributed by atoms with van der Waals surface area (Å²) in [4.78, 5) is 27.1. The summed E-state index contributed by atoms with van der Waals surface area (Å²) in [6.07, 6.45) is -0.168. The number of amides is 2. The zero-order chi connectivity index (χ0) is 25.0. The summed E-state index contributed by atoms with van der Waals surface area (Å²) in [5, 5.41) is 2.24. The first-order valence-corrected chi connectivity index (χ1v) is 13.1. The SMILES string of the molecule is COc1ccc(NC(=O)CC2SC(=NS(=O)(=O)c3ccc(Cl)cc3)N(c3ccccc3)C2=O)cc1. The normalized spacial score (nSPS) is 17.0. The van der Waals surface area contributed by atoms with E-state index in [1.54, 1.807) is 61.7 Å². The Bertz CT molecular complexity index is 1360. The lowest BCUT2D eigenvalue weighted by atomic mass is 10.2. The fraction of sp³-hybridized carbons (Fsp3) is 0.125. The predicted molar refractivity (Wildman–Crippen MR) is 138 cm³/mol. The molecule has 1 aliphatic rings. The Labute approximate surface area is 212 Å². The third-order valence-corrected chi connectivity index (χ3v) is 7.79. The third-order valence-electron chi connectivity index (χ3n) is 5.00. The molecule has 1 unspecified atom stereocenters. The fourth-order valence-electron chi connectivity index (χ4n) is 3.29. The number of carbonyl (C=O) groups excluding carboxylic acids is 2. The number of sulfonamides is 1. The second-order valence-electron chi connectivity index (χ2n) is 7.40. The molecule has 3 aromatic carbocycles. The van der Waals surface area contributed by atoms with E-state index in [0.29, 0.717) is 22.1 Å². The minimum absolute atomic E-state index is 0.0293. The molecule has 1 saturated heterocycles. The van der Waals surface area contributed by atoms with Crippen LogP contribution in [0.2, 0.25) is 5.02 Å². The second kappa shape index (κ2) is 10.5. The first kappa shape index (κ1) is 24.8. The standard InChI is InChI=1S/C24H20ClN3O5S2/c1-33-19-11-9-17(10-12-19)26-22(29)15-21-23(30)28(18-5-3-2-4-6-18)24(34-21)27-35(31,32)20-13-7-16(25)8-14-20/h2-14,21H,15H2,1H3,(H,26,29). The zero-order valence-electron chi connectivity index (χ0n) is 18.4. The molecule has 3 aromatic rings. The van der Waals surface area contributed by atoms with Gasteiger partial charge in [-0.05, 0) is 60.7 Å². The molecular formula is C24H20ClN3O5S2. The number of nitrogens with one attached hydrogen (secondary N) is 1. The molecule has 0 spiro atoms. The van der Waals surface area contributed by atoms with E-state index in [1.807, 2.05) is 0 Å². The van der Waals surface area contributed by atoms with E-state index in [0.717, 1.165) is 11.8 Å². The van der Waals surface area contributed by atoms with Crippen LogP contribution in [0, 0.1) is 0 Å². The Morgan fingerprint density at radius 1 is 1.06 bits per heavy atom. The van der Waals surface area contributed by atoms with Crippen LogP contribution in [0.1, 0.15) is 6.42 Å². The maximum Gasteiger partial charge on any atom is 0.284 e. The smallest absolute Gasteiger partial charge is 0.284 e. The average molecular weight is 530 g/mol. The first-order chi connectivity index (χ1) is 16.8. The number of benzene rings is 3. The molecule has 1 fully saturated rings. The van der Waals surface area contributed by atoms with Crippen LogP contribution < -0.4 is 15.0 Å². The van der Waals surface area contributed by atoms with Gasteiger partial charge in [0.15, 0.2) is 5.17 Å². The predicted octanol–water partition coefficient (Wildman–Crippen LogP) is 4.57. The number of ether oxygens (including phenoxy) is 1. The van der Waals surface area contributed by atoms with E-state index in [4.69, 9.17) is 16.3 Å². The highest BCUT2D eigenvalue weighted by Crippen LogP contribution is 2.35. The number of carbonyl (C=O) groups is 2. The molecule has 0 saturated carbocycles. The number of anilines is 2. The number of halogens is 1. The summed E-state index contributed by atoms with van der Waals surface area (Å²) in [6, 6.07) is 20.9. The summed E-state index contributed by atoms with van der Waals surface area (Å²) < 4.78 is 34.9. The molecule has 1 atom stereocenters. The van der Waals surface area contributed by atoms with Crippen molar-refractivity contribution in [2.24, 2.45) is 4.40 Å². The Morgan fingerprint density at radius 3 is 2.34 bits per heavy atom. The van der Waals surface area contributed by atoms with Crippen molar-refractivity contribution >= 4 is 61.7 Å². The number of methoxy groups -OCH3 is 1. The first-order valence-electron chi connectivity index (χ1n) is 10.4. The van der Waals surface area contributed by atoms with Gasteiger partial charge in [0.1, 0.15) is 11.0 Å². The second-order valence-corrected chi connectivity index (χ2v) is 10.6. The van der Waals surface area contributed by atoms with Gasteiger partial charge in [-0.2, -0.15) is 8.42 Å². The van der Waals surface area contributed by atoms with Crippen molar-refractivity contribution in [1.82, 2.24) is 0 Å². The summed E-state index contributed by atoms with van der Waals surface area (Å²) >= 11 is 6.79. The zero-order valence-corrected chi connectivity index (χ0v) is 20.8. The van der Waals surface area contributed by atoms with Crippen molar-refractivity contribution in [2.75, 3.05) is 17.3 Å². The lowest BCUT2D eigenvalue weighted by Gasteiger charge is -2.16. The van der Waals surface area contributed by atoms with Crippen LogP contribution in [-0.2, 0) is 19.6 Å². The minimum atomic E-state index is -4.13. The Kier molecular flexibility index (Phi) is 7.44. The van der Waals surface area contributed by atoms with E-state index in [-0.39, 0.29) is 16.5 Å². The molecular weight excluding hydrogens is 510 g/mol. The van der Waals surface area contributed by atoms with Gasteiger partial charge in [0, 0.05) is 17.1 Å². The van der Waals surface area contributed by atoms with Gasteiger partial charge < -0.3 is 10.1 Å². The Hall–Kier alpha value is -3.34. The van der Waals surface area contributed by atoms with Crippen LogP contribution in [-0.4, -0.2) is 37.8 Å². The van der Waals surface area contributed by atoms with Gasteiger partial charge in [-0.1, -0.05) is 41.6 Å². The van der Waals surface area contributed by atoms with Gasteiger partial charge in [-0.3, -0.25) is 14.5 Å². The average Bonchev–Trinajstić information content (AvgIpc) is 3.13. The Morgan fingerprint density at radius 2 is 1.71 bits per heavy atom. The van der Waals surface area contributed by atoms with Crippen molar-refractivity contribution < 1.29 is 22.7 Å². The van der Waals surface area contributed by atoms with Crippen molar-refractivity contribution in [3.63, 3.8) is 0 Å². The van der Waals surface area contributed by atoms with E-state index in [2.05, 4.69) is 9.71 Å². The highest BCUT2D eigenvalue weighted by Gasteiger charge is 2.41. The molecule has 0 aliphatic carbocycles. The topological polar surface area (TPSA) is 105 Å². The molecule has 2 amide bonds. The highest BCUT2D eigenvalue weighted by molar-refractivity contribution is 8.16. The van der Waals surface area contributed by atoms with Crippen LogP contribution in [0.25, 0.3) is 0 Å². The molecule has 1 heterocycles. The molecule has 1 aliphatic heterocycles. The lowest BCUT2D eigenvalue weighted by Crippen LogP contribution is -2.33. The number of para-hydroxylation sites is 1. The summed E-state index contributed by atoms with van der Waals surface area (Å²) in [5.74, 6) is -0.183. The molecule has 0 aromatic heterocycles. The van der Waals surface area contributed by atoms with Gasteiger partial charge in [-0.25, -0.2) is 0 Å². The van der Waals surface area contributed by atoms with Crippen LogP contribution in [0.4, 0.5) is 11.4 Å². The number of thioether (sulfide) groups is 1. The highest BCUT2D eigenvalue weighted by atomic mass is 35.5. The molecule has 1 N–H and O–H groups in total. The molecule has 35 heavy (non-hydrogen) atoms. The van der Waals surface area contributed by atoms with Gasteiger partial charge >= 0.3 is 0 Å². The maximum absolute atomic E-state index is 13.3. The minimum Gasteiger partial charge on any atom is -0.497 e. The lowest BCUT2D eigenvalue weighted by molar-refractivity contribution is -0.121. The number of nitrogens with zero attached hydrogens (tertiary/aromatic N) is 2. The maximum atomic E-state index is 13.3. The van der Waals surface area contributed by atoms with Gasteiger partial charge in [0.2, 0.25) is 11.8 Å². The summed E-state index contributed by atoms with van der Waals surface area (Å²) in [7, 11) is -2.59. The number of rotatable bonds is 7. The van der Waals surface area contributed by atoms with Gasteiger partial charge in [0.05, 0.1) is 17.7 Å².